The maximum atomic E-state index is 5.53. The first-order chi connectivity index (χ1) is 9.24. The molecule has 0 aliphatic rings. The fourth-order valence-corrected chi connectivity index (χ4v) is 1.57. The molecule has 6 heteroatoms. The Morgan fingerprint density at radius 3 is 2.89 bits per heavy atom. The van der Waals surface area contributed by atoms with Crippen LogP contribution in [0.5, 0.6) is 0 Å². The summed E-state index contributed by atoms with van der Waals surface area (Å²) in [4.78, 5) is 4.62. The van der Waals surface area contributed by atoms with E-state index in [0.29, 0.717) is 23.9 Å². The number of thiocarbonyl (C=S) groups is 1. The van der Waals surface area contributed by atoms with Crippen LogP contribution in [-0.4, -0.2) is 43.4 Å². The van der Waals surface area contributed by atoms with Gasteiger partial charge in [-0.25, -0.2) is 4.98 Å². The van der Waals surface area contributed by atoms with E-state index in [1.54, 1.807) is 13.2 Å². The molecule has 1 heterocycles. The number of nitrogens with zero attached hydrogens (tertiary/aromatic N) is 1. The largest absolute Gasteiger partial charge is 0.388 e. The molecule has 1 rings (SSSR count). The third-order valence-electron chi connectivity index (χ3n) is 2.45. The number of nitrogens with two attached hydrogens (primary N) is 1. The third-order valence-corrected chi connectivity index (χ3v) is 2.66. The van der Waals surface area contributed by atoms with Gasteiger partial charge in [0.15, 0.2) is 0 Å². The lowest BCUT2D eigenvalue weighted by Gasteiger charge is -2.07. The summed E-state index contributed by atoms with van der Waals surface area (Å²) in [6.07, 6.45) is 2.03. The highest BCUT2D eigenvalue weighted by Gasteiger charge is 1.99. The fourth-order valence-electron chi connectivity index (χ4n) is 1.46. The Bertz CT molecular complexity index is 388. The van der Waals surface area contributed by atoms with Crippen LogP contribution < -0.4 is 11.1 Å². The molecule has 0 atom stereocenters. The molecule has 0 bridgehead atoms. The van der Waals surface area contributed by atoms with Crippen molar-refractivity contribution in [3.63, 3.8) is 0 Å². The molecule has 0 aromatic carbocycles. The highest BCUT2D eigenvalue weighted by molar-refractivity contribution is 7.80. The minimum atomic E-state index is 0.315. The lowest BCUT2D eigenvalue weighted by molar-refractivity contribution is 0.0691. The van der Waals surface area contributed by atoms with E-state index in [1.807, 2.05) is 12.1 Å². The molecule has 106 valence electrons. The number of anilines is 1. The van der Waals surface area contributed by atoms with Crippen molar-refractivity contribution in [3.8, 4) is 0 Å². The van der Waals surface area contributed by atoms with Gasteiger partial charge < -0.3 is 20.5 Å². The maximum absolute atomic E-state index is 5.53. The van der Waals surface area contributed by atoms with Crippen molar-refractivity contribution >= 4 is 23.0 Å². The van der Waals surface area contributed by atoms with Crippen molar-refractivity contribution in [3.05, 3.63) is 23.9 Å². The molecule has 0 aliphatic heterocycles. The molecule has 0 saturated heterocycles. The molecule has 0 fully saturated rings. The number of hydrogen-bond donors (Lipinski definition) is 2. The van der Waals surface area contributed by atoms with E-state index in [4.69, 9.17) is 27.4 Å². The number of hydrogen-bond acceptors (Lipinski definition) is 5. The van der Waals surface area contributed by atoms with Crippen LogP contribution in [-0.2, 0) is 9.47 Å². The molecule has 1 aromatic rings. The topological polar surface area (TPSA) is 69.4 Å². The van der Waals surface area contributed by atoms with Crippen molar-refractivity contribution in [1.29, 1.82) is 0 Å². The van der Waals surface area contributed by atoms with Crippen molar-refractivity contribution < 1.29 is 9.47 Å². The van der Waals surface area contributed by atoms with Gasteiger partial charge in [-0.3, -0.25) is 0 Å². The zero-order chi connectivity index (χ0) is 13.9. The second kappa shape index (κ2) is 9.66. The summed E-state index contributed by atoms with van der Waals surface area (Å²) in [7, 11) is 1.67. The van der Waals surface area contributed by atoms with Gasteiger partial charge in [0, 0.05) is 20.3 Å². The van der Waals surface area contributed by atoms with Gasteiger partial charge in [-0.05, 0) is 25.0 Å². The Balaban J connectivity index is 2.12. The lowest BCUT2D eigenvalue weighted by Crippen LogP contribution is -2.13. The van der Waals surface area contributed by atoms with Gasteiger partial charge >= 0.3 is 0 Å². The molecule has 3 N–H and O–H groups in total. The summed E-state index contributed by atoms with van der Waals surface area (Å²) in [6.45, 7) is 2.91. The van der Waals surface area contributed by atoms with Crippen molar-refractivity contribution in [2.45, 2.75) is 12.8 Å². The minimum Gasteiger partial charge on any atom is -0.388 e. The standard InChI is InChI=1S/C13H21N3O2S/c1-17-9-10-18-8-3-2-7-15-12-6-4-5-11(16-12)13(14)19/h4-6H,2-3,7-10H2,1H3,(H2,14,19)(H,15,16). The normalized spacial score (nSPS) is 10.4. The highest BCUT2D eigenvalue weighted by atomic mass is 32.1. The van der Waals surface area contributed by atoms with Crippen LogP contribution in [0, 0.1) is 0 Å². The molecule has 19 heavy (non-hydrogen) atoms. The molecule has 0 aliphatic carbocycles. The molecule has 0 radical (unpaired) electrons. The predicted octanol–water partition coefficient (Wildman–Crippen LogP) is 1.57. The quantitative estimate of drug-likeness (QED) is 0.502. The van der Waals surface area contributed by atoms with E-state index in [0.717, 1.165) is 31.8 Å². The van der Waals surface area contributed by atoms with Gasteiger partial charge in [0.2, 0.25) is 0 Å². The molecule has 0 amide bonds. The van der Waals surface area contributed by atoms with Gasteiger partial charge in [-0.2, -0.15) is 0 Å². The average Bonchev–Trinajstić information content (AvgIpc) is 2.42. The van der Waals surface area contributed by atoms with Gasteiger partial charge in [0.1, 0.15) is 10.8 Å². The van der Waals surface area contributed by atoms with Gasteiger partial charge in [-0.15, -0.1) is 0 Å². The maximum Gasteiger partial charge on any atom is 0.126 e. The van der Waals surface area contributed by atoms with Crippen molar-refractivity contribution in [1.82, 2.24) is 4.98 Å². The number of aromatic nitrogens is 1. The van der Waals surface area contributed by atoms with Crippen LogP contribution in [0.3, 0.4) is 0 Å². The Labute approximate surface area is 119 Å². The second-order valence-electron chi connectivity index (χ2n) is 4.01. The van der Waals surface area contributed by atoms with Gasteiger partial charge in [-0.1, -0.05) is 18.3 Å². The molecular formula is C13H21N3O2S. The van der Waals surface area contributed by atoms with Crippen LogP contribution in [0.1, 0.15) is 18.5 Å². The highest BCUT2D eigenvalue weighted by Crippen LogP contribution is 2.05. The molecule has 5 nitrogen and oxygen atoms in total. The van der Waals surface area contributed by atoms with Crippen LogP contribution in [0.25, 0.3) is 0 Å². The smallest absolute Gasteiger partial charge is 0.126 e. The summed E-state index contributed by atoms with van der Waals surface area (Å²) in [5.41, 5.74) is 6.17. The van der Waals surface area contributed by atoms with E-state index < -0.39 is 0 Å². The summed E-state index contributed by atoms with van der Waals surface area (Å²) >= 11 is 4.89. The monoisotopic (exact) mass is 283 g/mol. The number of pyridine rings is 1. The third kappa shape index (κ3) is 7.05. The zero-order valence-electron chi connectivity index (χ0n) is 11.2. The Hall–Kier alpha value is -1.24. The predicted molar refractivity (Wildman–Crippen MR) is 80.5 cm³/mol. The van der Waals surface area contributed by atoms with Crippen molar-refractivity contribution in [2.75, 3.05) is 38.8 Å². The SMILES string of the molecule is COCCOCCCCNc1cccc(C(N)=S)n1. The van der Waals surface area contributed by atoms with E-state index >= 15 is 0 Å². The Kier molecular flexibility index (Phi) is 8.04. The molecule has 0 spiro atoms. The molecular weight excluding hydrogens is 262 g/mol. The number of methoxy groups -OCH3 is 1. The lowest BCUT2D eigenvalue weighted by atomic mass is 10.3. The number of ether oxygens (including phenoxy) is 2. The summed E-state index contributed by atoms with van der Waals surface area (Å²) in [5, 5.41) is 3.24. The van der Waals surface area contributed by atoms with Gasteiger partial charge in [0.05, 0.1) is 18.9 Å². The number of nitrogens with one attached hydrogen (secondary N) is 1. The molecule has 0 unspecified atom stereocenters. The van der Waals surface area contributed by atoms with Crippen LogP contribution in [0.15, 0.2) is 18.2 Å². The Morgan fingerprint density at radius 1 is 1.32 bits per heavy atom. The summed E-state index contributed by atoms with van der Waals surface area (Å²) < 4.78 is 10.3. The second-order valence-corrected chi connectivity index (χ2v) is 4.45. The van der Waals surface area contributed by atoms with E-state index in [2.05, 4.69) is 10.3 Å². The first-order valence-electron chi connectivity index (χ1n) is 6.31. The summed E-state index contributed by atoms with van der Waals surface area (Å²) in [6, 6.07) is 5.59. The van der Waals surface area contributed by atoms with E-state index in [1.165, 1.54) is 0 Å². The van der Waals surface area contributed by atoms with Crippen LogP contribution in [0.2, 0.25) is 0 Å². The average molecular weight is 283 g/mol. The Morgan fingerprint density at radius 2 is 2.16 bits per heavy atom. The molecule has 0 saturated carbocycles. The van der Waals surface area contributed by atoms with Crippen molar-refractivity contribution in [2.24, 2.45) is 5.73 Å². The number of unbranched alkanes of at least 4 members (excludes halogenated alkanes) is 1. The van der Waals surface area contributed by atoms with E-state index in [9.17, 15) is 0 Å². The number of rotatable bonds is 10. The van der Waals surface area contributed by atoms with Gasteiger partial charge in [0.25, 0.3) is 0 Å². The van der Waals surface area contributed by atoms with E-state index in [-0.39, 0.29) is 0 Å². The first kappa shape index (κ1) is 15.8. The molecule has 1 aromatic heterocycles. The van der Waals surface area contributed by atoms with Crippen LogP contribution in [0.4, 0.5) is 5.82 Å². The first-order valence-corrected chi connectivity index (χ1v) is 6.72. The van der Waals surface area contributed by atoms with Crippen LogP contribution >= 0.6 is 12.2 Å². The minimum absolute atomic E-state index is 0.315. The zero-order valence-corrected chi connectivity index (χ0v) is 12.0. The summed E-state index contributed by atoms with van der Waals surface area (Å²) in [5.74, 6) is 0.797. The fraction of sp³-hybridized carbons (Fsp3) is 0.538.